The number of nitrogens with one attached hydrogen (secondary N) is 1. The Morgan fingerprint density at radius 3 is 2.94 bits per heavy atom. The van der Waals surface area contributed by atoms with Gasteiger partial charge in [0.25, 0.3) is 5.69 Å². The van der Waals surface area contributed by atoms with Gasteiger partial charge in [0.15, 0.2) is 0 Å². The summed E-state index contributed by atoms with van der Waals surface area (Å²) in [5, 5.41) is 14.3. The molecule has 2 unspecified atom stereocenters. The summed E-state index contributed by atoms with van der Waals surface area (Å²) in [7, 11) is 0. The number of nitro benzene ring substituents is 1. The quantitative estimate of drug-likeness (QED) is 0.659. The molecule has 2 rings (SSSR count). The highest BCUT2D eigenvalue weighted by Crippen LogP contribution is 2.21. The van der Waals surface area contributed by atoms with Crippen molar-refractivity contribution < 1.29 is 4.92 Å². The first-order valence-corrected chi connectivity index (χ1v) is 6.32. The molecule has 1 saturated heterocycles. The van der Waals surface area contributed by atoms with Crippen LogP contribution in [0.3, 0.4) is 0 Å². The van der Waals surface area contributed by atoms with E-state index < -0.39 is 0 Å². The third kappa shape index (κ3) is 3.17. The minimum absolute atomic E-state index is 0.164. The molecule has 1 aromatic rings. The Hall–Kier alpha value is -1.68. The van der Waals surface area contributed by atoms with Gasteiger partial charge in [0, 0.05) is 12.1 Å². The lowest BCUT2D eigenvalue weighted by Crippen LogP contribution is -2.35. The first kappa shape index (κ1) is 12.8. The summed E-state index contributed by atoms with van der Waals surface area (Å²) in [6, 6.07) is 7.16. The highest BCUT2D eigenvalue weighted by Gasteiger charge is 2.16. The maximum atomic E-state index is 10.9. The Labute approximate surface area is 107 Å². The molecule has 0 radical (unpaired) electrons. The molecule has 96 valence electrons. The van der Waals surface area contributed by atoms with E-state index >= 15 is 0 Å². The number of nitro groups is 1. The third-order valence-corrected chi connectivity index (χ3v) is 3.34. The first-order valence-electron chi connectivity index (χ1n) is 6.32. The zero-order chi connectivity index (χ0) is 13.0. The van der Waals surface area contributed by atoms with Gasteiger partial charge in [-0.05, 0) is 31.4 Å². The number of nitrogens with zero attached hydrogens (tertiary/aromatic N) is 1. The molecule has 0 aliphatic carbocycles. The van der Waals surface area contributed by atoms with Crippen molar-refractivity contribution in [1.82, 2.24) is 5.32 Å². The SMILES string of the molecule is CC1CCNC(/C=C/c2ccccc2[N+](=O)[O-])C1. The average Bonchev–Trinajstić information content (AvgIpc) is 2.37. The van der Waals surface area contributed by atoms with E-state index in [1.807, 2.05) is 18.2 Å². The summed E-state index contributed by atoms with van der Waals surface area (Å²) in [5.74, 6) is 0.714. The molecule has 18 heavy (non-hydrogen) atoms. The second-order valence-corrected chi connectivity index (χ2v) is 4.87. The Kier molecular flexibility index (Phi) is 4.10. The highest BCUT2D eigenvalue weighted by molar-refractivity contribution is 5.61. The van der Waals surface area contributed by atoms with Crippen LogP contribution in [0.5, 0.6) is 0 Å². The number of hydrogen-bond acceptors (Lipinski definition) is 3. The number of benzene rings is 1. The predicted octanol–water partition coefficient (Wildman–Crippen LogP) is 3.00. The molecule has 1 aliphatic heterocycles. The van der Waals surface area contributed by atoms with Crippen LogP contribution in [0.2, 0.25) is 0 Å². The second kappa shape index (κ2) is 5.78. The minimum Gasteiger partial charge on any atom is -0.310 e. The van der Waals surface area contributed by atoms with Crippen molar-refractivity contribution in [2.45, 2.75) is 25.8 Å². The zero-order valence-corrected chi connectivity index (χ0v) is 10.5. The van der Waals surface area contributed by atoms with Gasteiger partial charge in [0.05, 0.1) is 10.5 Å². The largest absolute Gasteiger partial charge is 0.310 e. The third-order valence-electron chi connectivity index (χ3n) is 3.34. The van der Waals surface area contributed by atoms with Gasteiger partial charge >= 0.3 is 0 Å². The van der Waals surface area contributed by atoms with Gasteiger partial charge in [-0.25, -0.2) is 0 Å². The molecule has 1 aromatic carbocycles. The van der Waals surface area contributed by atoms with Crippen LogP contribution in [0.4, 0.5) is 5.69 Å². The van der Waals surface area contributed by atoms with Crippen molar-refractivity contribution in [3.05, 3.63) is 46.0 Å². The van der Waals surface area contributed by atoms with Gasteiger partial charge in [-0.15, -0.1) is 0 Å². The van der Waals surface area contributed by atoms with Crippen LogP contribution in [0.15, 0.2) is 30.3 Å². The van der Waals surface area contributed by atoms with Crippen LogP contribution in [0.1, 0.15) is 25.3 Å². The van der Waals surface area contributed by atoms with Crippen molar-refractivity contribution in [1.29, 1.82) is 0 Å². The van der Waals surface area contributed by atoms with Gasteiger partial charge in [-0.2, -0.15) is 0 Å². The maximum absolute atomic E-state index is 10.9. The van der Waals surface area contributed by atoms with Crippen molar-refractivity contribution in [2.24, 2.45) is 5.92 Å². The van der Waals surface area contributed by atoms with E-state index in [9.17, 15) is 10.1 Å². The molecule has 4 heteroatoms. The first-order chi connectivity index (χ1) is 8.66. The Balaban J connectivity index is 2.11. The van der Waals surface area contributed by atoms with Gasteiger partial charge in [-0.1, -0.05) is 31.2 Å². The zero-order valence-electron chi connectivity index (χ0n) is 10.5. The fourth-order valence-electron chi connectivity index (χ4n) is 2.31. The molecule has 1 fully saturated rings. The van der Waals surface area contributed by atoms with Gasteiger partial charge in [0.1, 0.15) is 0 Å². The fourth-order valence-corrected chi connectivity index (χ4v) is 2.31. The Morgan fingerprint density at radius 1 is 1.44 bits per heavy atom. The summed E-state index contributed by atoms with van der Waals surface area (Å²) in [4.78, 5) is 10.5. The number of piperidine rings is 1. The lowest BCUT2D eigenvalue weighted by molar-refractivity contribution is -0.385. The number of rotatable bonds is 3. The van der Waals surface area contributed by atoms with Gasteiger partial charge in [-0.3, -0.25) is 10.1 Å². The summed E-state index contributed by atoms with van der Waals surface area (Å²) in [6.45, 7) is 3.26. The van der Waals surface area contributed by atoms with E-state index in [0.29, 0.717) is 17.5 Å². The van der Waals surface area contributed by atoms with Crippen molar-refractivity contribution in [3.8, 4) is 0 Å². The predicted molar refractivity (Wildman–Crippen MR) is 72.3 cm³/mol. The van der Waals surface area contributed by atoms with Crippen LogP contribution in [-0.4, -0.2) is 17.5 Å². The fraction of sp³-hybridized carbons (Fsp3) is 0.429. The number of para-hydroxylation sites is 1. The van der Waals surface area contributed by atoms with Crippen LogP contribution >= 0.6 is 0 Å². The molecule has 4 nitrogen and oxygen atoms in total. The molecule has 1 aliphatic rings. The highest BCUT2D eigenvalue weighted by atomic mass is 16.6. The van der Waals surface area contributed by atoms with E-state index in [2.05, 4.69) is 12.2 Å². The van der Waals surface area contributed by atoms with Gasteiger partial charge in [0.2, 0.25) is 0 Å². The Bertz CT molecular complexity index is 457. The van der Waals surface area contributed by atoms with Crippen molar-refractivity contribution >= 4 is 11.8 Å². The van der Waals surface area contributed by atoms with E-state index in [4.69, 9.17) is 0 Å². The van der Waals surface area contributed by atoms with Crippen LogP contribution in [-0.2, 0) is 0 Å². The topological polar surface area (TPSA) is 55.2 Å². The van der Waals surface area contributed by atoms with E-state index in [0.717, 1.165) is 13.0 Å². The van der Waals surface area contributed by atoms with Gasteiger partial charge < -0.3 is 5.32 Å². The molecule has 1 N–H and O–H groups in total. The second-order valence-electron chi connectivity index (χ2n) is 4.87. The summed E-state index contributed by atoms with van der Waals surface area (Å²) >= 11 is 0. The normalized spacial score (nSPS) is 24.3. The lowest BCUT2D eigenvalue weighted by atomic mass is 9.94. The maximum Gasteiger partial charge on any atom is 0.276 e. The lowest BCUT2D eigenvalue weighted by Gasteiger charge is -2.25. The minimum atomic E-state index is -0.337. The Morgan fingerprint density at radius 2 is 2.22 bits per heavy atom. The summed E-state index contributed by atoms with van der Waals surface area (Å²) in [5.41, 5.74) is 0.833. The van der Waals surface area contributed by atoms with Crippen LogP contribution < -0.4 is 5.32 Å². The molecular weight excluding hydrogens is 228 g/mol. The summed E-state index contributed by atoms with van der Waals surface area (Å²) in [6.07, 6.45) is 6.19. The number of hydrogen-bond donors (Lipinski definition) is 1. The van der Waals surface area contributed by atoms with Crippen LogP contribution in [0, 0.1) is 16.0 Å². The molecule has 0 saturated carbocycles. The van der Waals surface area contributed by atoms with E-state index in [-0.39, 0.29) is 10.6 Å². The molecule has 0 amide bonds. The monoisotopic (exact) mass is 246 g/mol. The van der Waals surface area contributed by atoms with E-state index in [1.165, 1.54) is 12.5 Å². The molecule has 1 heterocycles. The molecule has 0 bridgehead atoms. The molecule has 0 aromatic heterocycles. The van der Waals surface area contributed by atoms with Crippen molar-refractivity contribution in [2.75, 3.05) is 6.54 Å². The molecule has 2 atom stereocenters. The molecular formula is C14H18N2O2. The standard InChI is InChI=1S/C14H18N2O2/c1-11-8-9-15-13(10-11)7-6-12-4-2-3-5-14(12)16(17)18/h2-7,11,13,15H,8-10H2,1H3/b7-6+. The van der Waals surface area contributed by atoms with Crippen molar-refractivity contribution in [3.63, 3.8) is 0 Å². The smallest absolute Gasteiger partial charge is 0.276 e. The summed E-state index contributed by atoms with van der Waals surface area (Å²) < 4.78 is 0. The van der Waals surface area contributed by atoms with E-state index in [1.54, 1.807) is 12.1 Å². The van der Waals surface area contributed by atoms with Crippen LogP contribution in [0.25, 0.3) is 6.08 Å². The molecule has 0 spiro atoms. The average molecular weight is 246 g/mol.